The minimum atomic E-state index is -0.647. The molecule has 0 spiro atoms. The first kappa shape index (κ1) is 21.8. The standard InChI is InChI=1S/C25H30N2O3/c1-25(2,3)21-12-10-19(11-13-21)22(28)23(29)26-17-18-8-7-9-20(16-18)24(30)27-14-5-4-6-15-27/h7-13,16H,4-6,14-15,17H2,1-3H3,(H,26,29). The van der Waals surface area contributed by atoms with E-state index in [4.69, 9.17) is 0 Å². The SMILES string of the molecule is CC(C)(C)c1ccc(C(=O)C(=O)NCc2cccc(C(=O)N3CCCCC3)c2)cc1. The Morgan fingerprint density at radius 3 is 2.20 bits per heavy atom. The molecule has 3 rings (SSSR count). The zero-order chi connectivity index (χ0) is 21.7. The molecule has 5 nitrogen and oxygen atoms in total. The number of hydrogen-bond acceptors (Lipinski definition) is 3. The van der Waals surface area contributed by atoms with Crippen LogP contribution in [0.2, 0.25) is 0 Å². The molecule has 1 heterocycles. The molecule has 2 aromatic carbocycles. The number of benzene rings is 2. The van der Waals surface area contributed by atoms with Gasteiger partial charge in [0, 0.05) is 30.8 Å². The lowest BCUT2D eigenvalue weighted by molar-refractivity contribution is -0.117. The summed E-state index contributed by atoms with van der Waals surface area (Å²) in [6, 6.07) is 14.4. The number of carbonyl (C=O) groups is 3. The number of carbonyl (C=O) groups excluding carboxylic acids is 3. The minimum absolute atomic E-state index is 0.0134. The first-order valence-electron chi connectivity index (χ1n) is 10.6. The molecule has 0 saturated carbocycles. The summed E-state index contributed by atoms with van der Waals surface area (Å²) in [6.07, 6.45) is 3.25. The van der Waals surface area contributed by atoms with Crippen LogP contribution in [0.15, 0.2) is 48.5 Å². The van der Waals surface area contributed by atoms with Crippen molar-refractivity contribution in [3.05, 3.63) is 70.8 Å². The van der Waals surface area contributed by atoms with Crippen LogP contribution in [-0.2, 0) is 16.8 Å². The van der Waals surface area contributed by atoms with E-state index in [-0.39, 0.29) is 17.9 Å². The monoisotopic (exact) mass is 406 g/mol. The quantitative estimate of drug-likeness (QED) is 0.600. The first-order valence-corrected chi connectivity index (χ1v) is 10.6. The summed E-state index contributed by atoms with van der Waals surface area (Å²) in [5.74, 6) is -1.18. The van der Waals surface area contributed by atoms with Gasteiger partial charge in [0.2, 0.25) is 5.78 Å². The fraction of sp³-hybridized carbons (Fsp3) is 0.400. The second-order valence-electron chi connectivity index (χ2n) is 8.89. The predicted molar refractivity (Wildman–Crippen MR) is 118 cm³/mol. The first-order chi connectivity index (χ1) is 14.3. The Bertz CT molecular complexity index is 920. The third-order valence-electron chi connectivity index (χ3n) is 5.49. The molecule has 1 fully saturated rings. The fourth-order valence-corrected chi connectivity index (χ4v) is 3.61. The van der Waals surface area contributed by atoms with Gasteiger partial charge in [0.15, 0.2) is 0 Å². The van der Waals surface area contributed by atoms with E-state index in [0.29, 0.717) is 11.1 Å². The maximum Gasteiger partial charge on any atom is 0.292 e. The number of Topliss-reactive ketones (excluding diaryl/α,β-unsaturated/α-hetero) is 1. The highest BCUT2D eigenvalue weighted by atomic mass is 16.2. The van der Waals surface area contributed by atoms with E-state index in [1.807, 2.05) is 29.2 Å². The van der Waals surface area contributed by atoms with E-state index in [0.717, 1.165) is 37.1 Å². The zero-order valence-electron chi connectivity index (χ0n) is 18.0. The van der Waals surface area contributed by atoms with Gasteiger partial charge in [-0.15, -0.1) is 0 Å². The summed E-state index contributed by atoms with van der Waals surface area (Å²) in [4.78, 5) is 39.3. The molecular formula is C25H30N2O3. The summed E-state index contributed by atoms with van der Waals surface area (Å²) in [5, 5.41) is 2.67. The lowest BCUT2D eigenvalue weighted by Gasteiger charge is -2.26. The van der Waals surface area contributed by atoms with Crippen LogP contribution in [-0.4, -0.2) is 35.6 Å². The fourth-order valence-electron chi connectivity index (χ4n) is 3.61. The summed E-state index contributed by atoms with van der Waals surface area (Å²) in [6.45, 7) is 8.08. The van der Waals surface area contributed by atoms with Gasteiger partial charge in [-0.3, -0.25) is 14.4 Å². The number of nitrogens with one attached hydrogen (secondary N) is 1. The normalized spacial score (nSPS) is 14.3. The Kier molecular flexibility index (Phi) is 6.70. The van der Waals surface area contributed by atoms with E-state index in [2.05, 4.69) is 26.1 Å². The van der Waals surface area contributed by atoms with Crippen LogP contribution in [0.3, 0.4) is 0 Å². The van der Waals surface area contributed by atoms with Crippen molar-refractivity contribution in [3.8, 4) is 0 Å². The molecule has 5 heteroatoms. The van der Waals surface area contributed by atoms with Crippen LogP contribution in [0, 0.1) is 0 Å². The third kappa shape index (κ3) is 5.35. The molecule has 0 bridgehead atoms. The van der Waals surface area contributed by atoms with Crippen molar-refractivity contribution in [1.29, 1.82) is 0 Å². The number of rotatable bonds is 5. The molecule has 0 unspecified atom stereocenters. The topological polar surface area (TPSA) is 66.5 Å². The highest BCUT2D eigenvalue weighted by Crippen LogP contribution is 2.22. The Balaban J connectivity index is 1.60. The number of amides is 2. The van der Waals surface area contributed by atoms with Gasteiger partial charge in [-0.25, -0.2) is 0 Å². The van der Waals surface area contributed by atoms with Gasteiger partial charge in [0.05, 0.1) is 0 Å². The molecule has 30 heavy (non-hydrogen) atoms. The van der Waals surface area contributed by atoms with Crippen molar-refractivity contribution in [1.82, 2.24) is 10.2 Å². The molecule has 0 aromatic heterocycles. The highest BCUT2D eigenvalue weighted by Gasteiger charge is 2.20. The number of nitrogens with zero attached hydrogens (tertiary/aromatic N) is 1. The van der Waals surface area contributed by atoms with Crippen LogP contribution < -0.4 is 5.32 Å². The van der Waals surface area contributed by atoms with Gasteiger partial charge in [0.25, 0.3) is 11.8 Å². The van der Waals surface area contributed by atoms with E-state index < -0.39 is 11.7 Å². The molecule has 1 aliphatic heterocycles. The Morgan fingerprint density at radius 2 is 1.57 bits per heavy atom. The van der Waals surface area contributed by atoms with Gasteiger partial charge in [-0.1, -0.05) is 57.2 Å². The van der Waals surface area contributed by atoms with Crippen LogP contribution >= 0.6 is 0 Å². The Morgan fingerprint density at radius 1 is 0.900 bits per heavy atom. The summed E-state index contributed by atoms with van der Waals surface area (Å²) >= 11 is 0. The van der Waals surface area contributed by atoms with Crippen molar-refractivity contribution < 1.29 is 14.4 Å². The molecule has 0 radical (unpaired) electrons. The zero-order valence-corrected chi connectivity index (χ0v) is 18.0. The van der Waals surface area contributed by atoms with Crippen molar-refractivity contribution in [3.63, 3.8) is 0 Å². The third-order valence-corrected chi connectivity index (χ3v) is 5.49. The van der Waals surface area contributed by atoms with Crippen LogP contribution in [0.1, 0.15) is 71.9 Å². The Labute approximate surface area is 178 Å². The molecule has 2 aromatic rings. The average molecular weight is 407 g/mol. The minimum Gasteiger partial charge on any atom is -0.345 e. The maximum absolute atomic E-state index is 12.7. The van der Waals surface area contributed by atoms with E-state index >= 15 is 0 Å². The van der Waals surface area contributed by atoms with Crippen molar-refractivity contribution in [2.24, 2.45) is 0 Å². The summed E-state index contributed by atoms with van der Waals surface area (Å²) < 4.78 is 0. The van der Waals surface area contributed by atoms with Crippen LogP contribution in [0.5, 0.6) is 0 Å². The highest BCUT2D eigenvalue weighted by molar-refractivity contribution is 6.42. The summed E-state index contributed by atoms with van der Waals surface area (Å²) in [5.41, 5.74) is 2.87. The lowest BCUT2D eigenvalue weighted by Crippen LogP contribution is -2.35. The molecule has 1 aliphatic rings. The largest absolute Gasteiger partial charge is 0.345 e. The predicted octanol–water partition coefficient (Wildman–Crippen LogP) is 4.11. The summed E-state index contributed by atoms with van der Waals surface area (Å²) in [7, 11) is 0. The molecule has 0 aliphatic carbocycles. The van der Waals surface area contributed by atoms with Gasteiger partial charge >= 0.3 is 0 Å². The molecule has 1 saturated heterocycles. The van der Waals surface area contributed by atoms with Gasteiger partial charge in [-0.05, 0) is 47.9 Å². The van der Waals surface area contributed by atoms with Crippen LogP contribution in [0.4, 0.5) is 0 Å². The second-order valence-corrected chi connectivity index (χ2v) is 8.89. The maximum atomic E-state index is 12.7. The molecule has 2 amide bonds. The number of piperidine rings is 1. The Hall–Kier alpha value is -2.95. The van der Waals surface area contributed by atoms with Crippen molar-refractivity contribution in [2.75, 3.05) is 13.1 Å². The van der Waals surface area contributed by atoms with Gasteiger partial charge in [-0.2, -0.15) is 0 Å². The number of ketones is 1. The van der Waals surface area contributed by atoms with E-state index in [1.165, 1.54) is 6.42 Å². The molecular weight excluding hydrogens is 376 g/mol. The van der Waals surface area contributed by atoms with Crippen molar-refractivity contribution >= 4 is 17.6 Å². The van der Waals surface area contributed by atoms with E-state index in [1.54, 1.807) is 24.3 Å². The average Bonchev–Trinajstić information content (AvgIpc) is 2.76. The van der Waals surface area contributed by atoms with Gasteiger partial charge < -0.3 is 10.2 Å². The van der Waals surface area contributed by atoms with Crippen LogP contribution in [0.25, 0.3) is 0 Å². The number of likely N-dealkylation sites (tertiary alicyclic amines) is 1. The lowest BCUT2D eigenvalue weighted by atomic mass is 9.86. The molecule has 0 atom stereocenters. The van der Waals surface area contributed by atoms with Gasteiger partial charge in [0.1, 0.15) is 0 Å². The van der Waals surface area contributed by atoms with E-state index in [9.17, 15) is 14.4 Å². The molecule has 1 N–H and O–H groups in total. The smallest absolute Gasteiger partial charge is 0.292 e. The second kappa shape index (κ2) is 9.24. The number of hydrogen-bond donors (Lipinski definition) is 1. The van der Waals surface area contributed by atoms with Crippen molar-refractivity contribution in [2.45, 2.75) is 52.0 Å². The molecule has 158 valence electrons.